The lowest BCUT2D eigenvalue weighted by Crippen LogP contribution is -2.58. The standard InChI is InChI=1S/C14H18FNO4/c1-13(2,3)20-12(19)14(16,11(17)18)8-9-6-4-5-7-10(9)15/h4-7H,8,16H2,1-3H3,(H,17,18). The average Bonchev–Trinajstić information content (AvgIpc) is 2.29. The molecule has 0 saturated carbocycles. The summed E-state index contributed by atoms with van der Waals surface area (Å²) >= 11 is 0. The molecule has 0 saturated heterocycles. The Balaban J connectivity index is 3.07. The van der Waals surface area contributed by atoms with Crippen LogP contribution in [0.15, 0.2) is 24.3 Å². The zero-order valence-corrected chi connectivity index (χ0v) is 11.6. The molecule has 1 aromatic rings. The van der Waals surface area contributed by atoms with E-state index in [1.54, 1.807) is 20.8 Å². The third kappa shape index (κ3) is 3.77. The van der Waals surface area contributed by atoms with E-state index in [0.29, 0.717) is 0 Å². The predicted molar refractivity (Wildman–Crippen MR) is 70.5 cm³/mol. The first-order valence-electron chi connectivity index (χ1n) is 6.05. The minimum Gasteiger partial charge on any atom is -0.479 e. The quantitative estimate of drug-likeness (QED) is 0.645. The summed E-state index contributed by atoms with van der Waals surface area (Å²) in [6.45, 7) is 4.78. The van der Waals surface area contributed by atoms with Crippen molar-refractivity contribution < 1.29 is 23.8 Å². The fourth-order valence-electron chi connectivity index (χ4n) is 1.55. The normalized spacial score (nSPS) is 14.4. The van der Waals surface area contributed by atoms with Gasteiger partial charge >= 0.3 is 11.9 Å². The molecule has 0 fully saturated rings. The summed E-state index contributed by atoms with van der Waals surface area (Å²) in [5.41, 5.74) is 2.49. The molecule has 1 atom stereocenters. The number of benzene rings is 1. The van der Waals surface area contributed by atoms with Gasteiger partial charge < -0.3 is 15.6 Å². The van der Waals surface area contributed by atoms with Gasteiger partial charge in [-0.2, -0.15) is 0 Å². The monoisotopic (exact) mass is 283 g/mol. The molecule has 5 nitrogen and oxygen atoms in total. The van der Waals surface area contributed by atoms with Crippen molar-refractivity contribution >= 4 is 11.9 Å². The van der Waals surface area contributed by atoms with Crippen molar-refractivity contribution in [3.05, 3.63) is 35.6 Å². The van der Waals surface area contributed by atoms with E-state index in [2.05, 4.69) is 0 Å². The van der Waals surface area contributed by atoms with Gasteiger partial charge in [0, 0.05) is 6.42 Å². The van der Waals surface area contributed by atoms with E-state index in [1.165, 1.54) is 24.3 Å². The number of esters is 1. The first kappa shape index (κ1) is 16.1. The Morgan fingerprint density at radius 1 is 1.30 bits per heavy atom. The van der Waals surface area contributed by atoms with Gasteiger partial charge in [-0.25, -0.2) is 14.0 Å². The molecule has 0 aliphatic heterocycles. The van der Waals surface area contributed by atoms with E-state index in [0.717, 1.165) is 0 Å². The fraction of sp³-hybridized carbons (Fsp3) is 0.429. The van der Waals surface area contributed by atoms with Gasteiger partial charge in [0.05, 0.1) is 0 Å². The number of aliphatic carboxylic acids is 1. The van der Waals surface area contributed by atoms with Crippen LogP contribution in [-0.4, -0.2) is 28.2 Å². The molecule has 0 radical (unpaired) electrons. The molecular weight excluding hydrogens is 265 g/mol. The fourth-order valence-corrected chi connectivity index (χ4v) is 1.55. The number of carboxylic acids is 1. The lowest BCUT2D eigenvalue weighted by atomic mass is 9.91. The molecule has 0 aromatic heterocycles. The molecule has 0 amide bonds. The third-order valence-corrected chi connectivity index (χ3v) is 2.57. The lowest BCUT2D eigenvalue weighted by molar-refractivity contribution is -0.169. The van der Waals surface area contributed by atoms with Crippen molar-refractivity contribution in [2.75, 3.05) is 0 Å². The molecule has 3 N–H and O–H groups in total. The number of carbonyl (C=O) groups excluding carboxylic acids is 1. The zero-order chi connectivity index (χ0) is 15.6. The summed E-state index contributed by atoms with van der Waals surface area (Å²) in [5, 5.41) is 9.20. The van der Waals surface area contributed by atoms with Crippen molar-refractivity contribution in [1.29, 1.82) is 0 Å². The Kier molecular flexibility index (Phi) is 4.50. The molecule has 0 aliphatic rings. The van der Waals surface area contributed by atoms with Crippen LogP contribution in [0, 0.1) is 5.82 Å². The molecule has 6 heteroatoms. The molecule has 1 aromatic carbocycles. The van der Waals surface area contributed by atoms with Gasteiger partial charge in [0.1, 0.15) is 11.4 Å². The van der Waals surface area contributed by atoms with Gasteiger partial charge in [0.2, 0.25) is 5.54 Å². The van der Waals surface area contributed by atoms with Crippen molar-refractivity contribution in [1.82, 2.24) is 0 Å². The Bertz CT molecular complexity index is 524. The van der Waals surface area contributed by atoms with Gasteiger partial charge in [-0.05, 0) is 32.4 Å². The van der Waals surface area contributed by atoms with Crippen molar-refractivity contribution in [2.45, 2.75) is 38.3 Å². The smallest absolute Gasteiger partial charge is 0.338 e. The second-order valence-corrected chi connectivity index (χ2v) is 5.55. The first-order valence-corrected chi connectivity index (χ1v) is 6.05. The maximum Gasteiger partial charge on any atom is 0.338 e. The number of hydrogen-bond donors (Lipinski definition) is 2. The van der Waals surface area contributed by atoms with E-state index < -0.39 is 35.3 Å². The molecule has 110 valence electrons. The maximum absolute atomic E-state index is 13.6. The van der Waals surface area contributed by atoms with Gasteiger partial charge in [-0.1, -0.05) is 18.2 Å². The van der Waals surface area contributed by atoms with Crippen LogP contribution in [-0.2, 0) is 20.7 Å². The first-order chi connectivity index (χ1) is 9.06. The third-order valence-electron chi connectivity index (χ3n) is 2.57. The molecule has 20 heavy (non-hydrogen) atoms. The van der Waals surface area contributed by atoms with E-state index in [-0.39, 0.29) is 5.56 Å². The molecule has 0 heterocycles. The largest absolute Gasteiger partial charge is 0.479 e. The topological polar surface area (TPSA) is 89.6 Å². The summed E-state index contributed by atoms with van der Waals surface area (Å²) in [4.78, 5) is 23.3. The number of ether oxygens (including phenoxy) is 1. The number of halogens is 1. The molecule has 1 unspecified atom stereocenters. The van der Waals surface area contributed by atoms with Gasteiger partial charge in [-0.15, -0.1) is 0 Å². The highest BCUT2D eigenvalue weighted by molar-refractivity contribution is 6.04. The summed E-state index contributed by atoms with van der Waals surface area (Å²) < 4.78 is 18.6. The Morgan fingerprint density at radius 3 is 2.30 bits per heavy atom. The minimum absolute atomic E-state index is 0.0447. The van der Waals surface area contributed by atoms with Crippen LogP contribution in [0.4, 0.5) is 4.39 Å². The van der Waals surface area contributed by atoms with Gasteiger partial charge in [-0.3, -0.25) is 0 Å². The van der Waals surface area contributed by atoms with E-state index in [4.69, 9.17) is 10.5 Å². The highest BCUT2D eigenvalue weighted by atomic mass is 19.1. The molecule has 0 aliphatic carbocycles. The SMILES string of the molecule is CC(C)(C)OC(=O)C(N)(Cc1ccccc1F)C(=O)O. The van der Waals surface area contributed by atoms with Crippen molar-refractivity contribution in [2.24, 2.45) is 5.73 Å². The van der Waals surface area contributed by atoms with Crippen LogP contribution in [0.5, 0.6) is 0 Å². The van der Waals surface area contributed by atoms with Crippen molar-refractivity contribution in [3.63, 3.8) is 0 Å². The highest BCUT2D eigenvalue weighted by Crippen LogP contribution is 2.19. The number of carboxylic acid groups (broad SMARTS) is 1. The van der Waals surface area contributed by atoms with Crippen LogP contribution in [0.1, 0.15) is 26.3 Å². The number of nitrogens with two attached hydrogens (primary N) is 1. The Hall–Kier alpha value is -1.95. The molecule has 0 bridgehead atoms. The van der Waals surface area contributed by atoms with E-state index in [9.17, 15) is 19.1 Å². The minimum atomic E-state index is -2.32. The van der Waals surface area contributed by atoms with Crippen LogP contribution >= 0.6 is 0 Å². The van der Waals surface area contributed by atoms with Crippen LogP contribution < -0.4 is 5.73 Å². The summed E-state index contributed by atoms with van der Waals surface area (Å²) in [6.07, 6.45) is -0.482. The second-order valence-electron chi connectivity index (χ2n) is 5.55. The molecular formula is C14H18FNO4. The van der Waals surface area contributed by atoms with Crippen LogP contribution in [0.3, 0.4) is 0 Å². The van der Waals surface area contributed by atoms with Crippen LogP contribution in [0.2, 0.25) is 0 Å². The highest BCUT2D eigenvalue weighted by Gasteiger charge is 2.46. The molecule has 0 spiro atoms. The van der Waals surface area contributed by atoms with Gasteiger partial charge in [0.25, 0.3) is 0 Å². The average molecular weight is 283 g/mol. The number of rotatable bonds is 4. The number of carbonyl (C=O) groups is 2. The van der Waals surface area contributed by atoms with Crippen molar-refractivity contribution in [3.8, 4) is 0 Å². The van der Waals surface area contributed by atoms with E-state index >= 15 is 0 Å². The number of hydrogen-bond acceptors (Lipinski definition) is 4. The summed E-state index contributed by atoms with van der Waals surface area (Å²) in [7, 11) is 0. The summed E-state index contributed by atoms with van der Waals surface area (Å²) in [6, 6.07) is 5.55. The maximum atomic E-state index is 13.6. The Morgan fingerprint density at radius 2 is 1.85 bits per heavy atom. The Labute approximate surface area is 116 Å². The van der Waals surface area contributed by atoms with Gasteiger partial charge in [0.15, 0.2) is 0 Å². The second kappa shape index (κ2) is 5.58. The predicted octanol–water partition coefficient (Wildman–Crippen LogP) is 1.49. The molecule has 1 rings (SSSR count). The zero-order valence-electron chi connectivity index (χ0n) is 11.6. The van der Waals surface area contributed by atoms with Crippen LogP contribution in [0.25, 0.3) is 0 Å². The summed E-state index contributed by atoms with van der Waals surface area (Å²) in [5.74, 6) is -3.28. The van der Waals surface area contributed by atoms with E-state index in [1.807, 2.05) is 0 Å². The lowest BCUT2D eigenvalue weighted by Gasteiger charge is -2.28.